The Bertz CT molecular complexity index is 564. The minimum Gasteiger partial charge on any atom is -0.445 e. The molecule has 2 fully saturated rings. The maximum Gasteiger partial charge on any atom is 0.310 e. The molecule has 1 unspecified atom stereocenters. The van der Waals surface area contributed by atoms with E-state index in [-0.39, 0.29) is 23.8 Å². The van der Waals surface area contributed by atoms with E-state index in [0.717, 1.165) is 51.4 Å². The quantitative estimate of drug-likeness (QED) is 0.827. The topological polar surface area (TPSA) is 68.3 Å². The van der Waals surface area contributed by atoms with Crippen LogP contribution in [0, 0.1) is 5.92 Å². The molecule has 5 heteroatoms. The molecule has 2 saturated carbocycles. The first kappa shape index (κ1) is 17.9. The van der Waals surface area contributed by atoms with Gasteiger partial charge in [0.05, 0.1) is 11.6 Å². The summed E-state index contributed by atoms with van der Waals surface area (Å²) in [4.78, 5) is 29.6. The Kier molecular flexibility index (Phi) is 6.42. The zero-order chi connectivity index (χ0) is 17.5. The van der Waals surface area contributed by atoms with Crippen molar-refractivity contribution in [2.24, 2.45) is 5.92 Å². The van der Waals surface area contributed by atoms with E-state index in [0.29, 0.717) is 5.69 Å². The van der Waals surface area contributed by atoms with Crippen molar-refractivity contribution < 1.29 is 14.3 Å². The molecule has 1 heterocycles. The monoisotopic (exact) mass is 344 g/mol. The second-order valence-electron chi connectivity index (χ2n) is 7.25. The number of carbonyl (C=O) groups excluding carboxylic acids is 2. The number of amides is 1. The molecule has 0 saturated heterocycles. The number of hydrogen-bond donors (Lipinski definition) is 1. The van der Waals surface area contributed by atoms with Crippen LogP contribution in [0.15, 0.2) is 24.4 Å². The molecular weight excluding hydrogens is 316 g/mol. The lowest BCUT2D eigenvalue weighted by Gasteiger charge is -2.27. The molecule has 1 aromatic rings. The van der Waals surface area contributed by atoms with Crippen molar-refractivity contribution in [2.75, 3.05) is 0 Å². The molecule has 1 aromatic heterocycles. The van der Waals surface area contributed by atoms with E-state index in [2.05, 4.69) is 10.3 Å². The van der Waals surface area contributed by atoms with Gasteiger partial charge in [-0.1, -0.05) is 44.6 Å². The van der Waals surface area contributed by atoms with Gasteiger partial charge in [0.25, 0.3) is 5.91 Å². The molecule has 0 radical (unpaired) electrons. The van der Waals surface area contributed by atoms with Crippen molar-refractivity contribution in [2.45, 2.75) is 76.4 Å². The third-order valence-electron chi connectivity index (χ3n) is 5.32. The number of aromatic nitrogens is 1. The van der Waals surface area contributed by atoms with Gasteiger partial charge in [-0.3, -0.25) is 14.6 Å². The van der Waals surface area contributed by atoms with Crippen LogP contribution in [0.5, 0.6) is 0 Å². The van der Waals surface area contributed by atoms with Crippen molar-refractivity contribution in [3.05, 3.63) is 30.1 Å². The highest BCUT2D eigenvalue weighted by Gasteiger charge is 2.31. The maximum atomic E-state index is 12.8. The van der Waals surface area contributed by atoms with Crippen molar-refractivity contribution in [1.82, 2.24) is 10.3 Å². The summed E-state index contributed by atoms with van der Waals surface area (Å²) in [6.07, 6.45) is 11.2. The fourth-order valence-corrected chi connectivity index (χ4v) is 3.85. The fraction of sp³-hybridized carbons (Fsp3) is 0.650. The Hall–Kier alpha value is -1.91. The highest BCUT2D eigenvalue weighted by Crippen LogP contribution is 2.27. The molecule has 2 aliphatic rings. The number of esters is 1. The zero-order valence-corrected chi connectivity index (χ0v) is 14.8. The lowest BCUT2D eigenvalue weighted by Crippen LogP contribution is -2.41. The predicted molar refractivity (Wildman–Crippen MR) is 94.7 cm³/mol. The molecule has 1 atom stereocenters. The van der Waals surface area contributed by atoms with Crippen LogP contribution in [-0.2, 0) is 14.3 Å². The molecule has 0 aliphatic heterocycles. The third kappa shape index (κ3) is 5.03. The number of hydrogen-bond acceptors (Lipinski definition) is 4. The molecule has 0 spiro atoms. The third-order valence-corrected chi connectivity index (χ3v) is 5.32. The minimum atomic E-state index is -0.947. The lowest BCUT2D eigenvalue weighted by atomic mass is 9.89. The maximum absolute atomic E-state index is 12.8. The molecule has 1 N–H and O–H groups in total. The summed E-state index contributed by atoms with van der Waals surface area (Å²) in [5.41, 5.74) is 0.500. The molecule has 3 rings (SSSR count). The van der Waals surface area contributed by atoms with Gasteiger partial charge in [0.2, 0.25) is 6.10 Å². The van der Waals surface area contributed by atoms with Crippen LogP contribution in [0.4, 0.5) is 0 Å². The van der Waals surface area contributed by atoms with Gasteiger partial charge in [-0.05, 0) is 37.8 Å². The minimum absolute atomic E-state index is 0.0811. The number of pyridine rings is 1. The summed E-state index contributed by atoms with van der Waals surface area (Å²) in [7, 11) is 0. The Morgan fingerprint density at radius 3 is 2.32 bits per heavy atom. The van der Waals surface area contributed by atoms with Gasteiger partial charge in [0.1, 0.15) is 0 Å². The number of rotatable bonds is 5. The van der Waals surface area contributed by atoms with E-state index >= 15 is 0 Å². The molecule has 1 amide bonds. The van der Waals surface area contributed by atoms with E-state index in [4.69, 9.17) is 4.74 Å². The SMILES string of the molecule is O=C(OC(C(=O)NC1CCCCC1)c1ccccn1)C1CCCCC1. The predicted octanol–water partition coefficient (Wildman–Crippen LogP) is 3.70. The largest absolute Gasteiger partial charge is 0.445 e. The summed E-state index contributed by atoms with van der Waals surface area (Å²) in [6, 6.07) is 5.54. The molecule has 0 aromatic carbocycles. The second kappa shape index (κ2) is 8.97. The van der Waals surface area contributed by atoms with E-state index in [1.165, 1.54) is 12.8 Å². The van der Waals surface area contributed by atoms with Crippen LogP contribution >= 0.6 is 0 Å². The smallest absolute Gasteiger partial charge is 0.310 e. The Morgan fingerprint density at radius 2 is 1.68 bits per heavy atom. The van der Waals surface area contributed by atoms with Gasteiger partial charge in [0.15, 0.2) is 0 Å². The number of ether oxygens (including phenoxy) is 1. The first-order valence-electron chi connectivity index (χ1n) is 9.66. The summed E-state index contributed by atoms with van der Waals surface area (Å²) < 4.78 is 5.67. The van der Waals surface area contributed by atoms with E-state index in [1.807, 2.05) is 6.07 Å². The van der Waals surface area contributed by atoms with E-state index in [1.54, 1.807) is 18.3 Å². The summed E-state index contributed by atoms with van der Waals surface area (Å²) in [5.74, 6) is -0.577. The average molecular weight is 344 g/mol. The normalized spacial score (nSPS) is 20.6. The standard InChI is InChI=1S/C20H28N2O3/c23-19(22-16-11-5-2-6-12-16)18(17-13-7-8-14-21-17)25-20(24)15-9-3-1-4-10-15/h7-8,13-16,18H,1-6,9-12H2,(H,22,23). The molecular formula is C20H28N2O3. The van der Waals surface area contributed by atoms with Crippen LogP contribution in [0.25, 0.3) is 0 Å². The zero-order valence-electron chi connectivity index (χ0n) is 14.8. The number of nitrogens with zero attached hydrogens (tertiary/aromatic N) is 1. The molecule has 5 nitrogen and oxygen atoms in total. The Morgan fingerprint density at radius 1 is 1.00 bits per heavy atom. The van der Waals surface area contributed by atoms with Crippen LogP contribution in [0.1, 0.15) is 76.0 Å². The molecule has 0 bridgehead atoms. The van der Waals surface area contributed by atoms with Crippen molar-refractivity contribution >= 4 is 11.9 Å². The van der Waals surface area contributed by atoms with Crippen molar-refractivity contribution in [3.63, 3.8) is 0 Å². The number of nitrogens with one attached hydrogen (secondary N) is 1. The van der Waals surface area contributed by atoms with Gasteiger partial charge in [0, 0.05) is 12.2 Å². The second-order valence-corrected chi connectivity index (χ2v) is 7.25. The Balaban J connectivity index is 1.68. The van der Waals surface area contributed by atoms with Gasteiger partial charge in [-0.15, -0.1) is 0 Å². The first-order chi connectivity index (χ1) is 12.2. The molecule has 136 valence electrons. The molecule has 2 aliphatic carbocycles. The summed E-state index contributed by atoms with van der Waals surface area (Å²) in [5, 5.41) is 3.07. The number of carbonyl (C=O) groups is 2. The molecule has 25 heavy (non-hydrogen) atoms. The highest BCUT2D eigenvalue weighted by atomic mass is 16.5. The van der Waals surface area contributed by atoms with E-state index in [9.17, 15) is 9.59 Å². The first-order valence-corrected chi connectivity index (χ1v) is 9.66. The van der Waals surface area contributed by atoms with Crippen molar-refractivity contribution in [1.29, 1.82) is 0 Å². The van der Waals surface area contributed by atoms with Gasteiger partial charge < -0.3 is 10.1 Å². The summed E-state index contributed by atoms with van der Waals surface area (Å²) in [6.45, 7) is 0. The van der Waals surface area contributed by atoms with Crippen LogP contribution < -0.4 is 5.32 Å². The van der Waals surface area contributed by atoms with Crippen LogP contribution in [0.3, 0.4) is 0 Å². The van der Waals surface area contributed by atoms with Crippen LogP contribution in [0.2, 0.25) is 0 Å². The van der Waals surface area contributed by atoms with E-state index < -0.39 is 6.10 Å². The van der Waals surface area contributed by atoms with Gasteiger partial charge >= 0.3 is 5.97 Å². The van der Waals surface area contributed by atoms with Crippen LogP contribution in [-0.4, -0.2) is 22.9 Å². The Labute approximate surface area is 149 Å². The average Bonchev–Trinajstić information content (AvgIpc) is 2.68. The fourth-order valence-electron chi connectivity index (χ4n) is 3.85. The lowest BCUT2D eigenvalue weighted by molar-refractivity contribution is -0.162. The highest BCUT2D eigenvalue weighted by molar-refractivity contribution is 5.85. The van der Waals surface area contributed by atoms with Crippen molar-refractivity contribution in [3.8, 4) is 0 Å². The van der Waals surface area contributed by atoms with Gasteiger partial charge in [-0.25, -0.2) is 0 Å². The summed E-state index contributed by atoms with van der Waals surface area (Å²) >= 11 is 0. The van der Waals surface area contributed by atoms with Gasteiger partial charge in [-0.2, -0.15) is 0 Å².